The summed E-state index contributed by atoms with van der Waals surface area (Å²) in [6, 6.07) is 8.58. The van der Waals surface area contributed by atoms with Gasteiger partial charge in [-0.25, -0.2) is 14.8 Å². The Balaban J connectivity index is 1.51. The second-order valence-corrected chi connectivity index (χ2v) is 6.10. The summed E-state index contributed by atoms with van der Waals surface area (Å²) in [6.07, 6.45) is 6.67. The molecule has 0 atom stereocenters. The van der Waals surface area contributed by atoms with Crippen molar-refractivity contribution in [1.29, 1.82) is 0 Å². The zero-order chi connectivity index (χ0) is 16.8. The van der Waals surface area contributed by atoms with Gasteiger partial charge in [0.1, 0.15) is 5.82 Å². The Labute approximate surface area is 141 Å². The number of aromatic carboxylic acids is 1. The normalized spacial score (nSPS) is 15.2. The molecule has 1 aliphatic heterocycles. The van der Waals surface area contributed by atoms with E-state index in [1.807, 2.05) is 0 Å². The first-order chi connectivity index (χ1) is 11.7. The van der Waals surface area contributed by atoms with E-state index >= 15 is 0 Å². The van der Waals surface area contributed by atoms with Crippen LogP contribution >= 0.6 is 0 Å². The number of anilines is 1. The molecule has 0 unspecified atom stereocenters. The van der Waals surface area contributed by atoms with Gasteiger partial charge in [0.25, 0.3) is 0 Å². The molecule has 0 bridgehead atoms. The third-order valence-electron chi connectivity index (χ3n) is 4.22. The van der Waals surface area contributed by atoms with Crippen LogP contribution < -0.4 is 5.32 Å². The molecule has 2 N–H and O–H groups in total. The van der Waals surface area contributed by atoms with Gasteiger partial charge >= 0.3 is 5.97 Å². The maximum absolute atomic E-state index is 10.7. The number of piperidine rings is 1. The molecule has 24 heavy (non-hydrogen) atoms. The van der Waals surface area contributed by atoms with Crippen molar-refractivity contribution in [3.63, 3.8) is 0 Å². The maximum Gasteiger partial charge on any atom is 0.356 e. The highest BCUT2D eigenvalue weighted by molar-refractivity contribution is 5.84. The lowest BCUT2D eigenvalue weighted by Gasteiger charge is -2.26. The minimum Gasteiger partial charge on any atom is -0.476 e. The van der Waals surface area contributed by atoms with Crippen LogP contribution in [0.1, 0.15) is 40.9 Å². The molecule has 6 nitrogen and oxygen atoms in total. The van der Waals surface area contributed by atoms with Gasteiger partial charge in [-0.05, 0) is 37.1 Å². The third-order valence-corrected chi connectivity index (χ3v) is 4.22. The van der Waals surface area contributed by atoms with Gasteiger partial charge in [-0.2, -0.15) is 0 Å². The molecule has 0 amide bonds. The smallest absolute Gasteiger partial charge is 0.356 e. The van der Waals surface area contributed by atoms with Crippen LogP contribution in [-0.4, -0.2) is 39.0 Å². The van der Waals surface area contributed by atoms with Gasteiger partial charge < -0.3 is 10.4 Å². The first-order valence-corrected chi connectivity index (χ1v) is 8.30. The summed E-state index contributed by atoms with van der Waals surface area (Å²) in [7, 11) is 0. The van der Waals surface area contributed by atoms with Crippen molar-refractivity contribution in [2.45, 2.75) is 32.4 Å². The van der Waals surface area contributed by atoms with E-state index in [9.17, 15) is 4.79 Å². The second kappa shape index (κ2) is 7.88. The number of benzene rings is 1. The Hall–Kier alpha value is -2.47. The number of carboxylic acid groups (broad SMARTS) is 1. The molecule has 3 rings (SSSR count). The van der Waals surface area contributed by atoms with Gasteiger partial charge in [0.2, 0.25) is 0 Å². The number of nitrogens with zero attached hydrogens (tertiary/aromatic N) is 3. The Morgan fingerprint density at radius 3 is 2.38 bits per heavy atom. The fourth-order valence-electron chi connectivity index (χ4n) is 2.86. The average molecular weight is 326 g/mol. The van der Waals surface area contributed by atoms with E-state index in [1.54, 1.807) is 0 Å². The van der Waals surface area contributed by atoms with Crippen molar-refractivity contribution in [1.82, 2.24) is 14.9 Å². The van der Waals surface area contributed by atoms with Crippen molar-refractivity contribution in [2.24, 2.45) is 0 Å². The van der Waals surface area contributed by atoms with Crippen LogP contribution in [0.3, 0.4) is 0 Å². The van der Waals surface area contributed by atoms with E-state index in [2.05, 4.69) is 44.5 Å². The molecule has 6 heteroatoms. The zero-order valence-corrected chi connectivity index (χ0v) is 13.6. The Bertz CT molecular complexity index is 664. The van der Waals surface area contributed by atoms with Gasteiger partial charge in [-0.3, -0.25) is 4.90 Å². The van der Waals surface area contributed by atoms with E-state index in [0.29, 0.717) is 12.4 Å². The van der Waals surface area contributed by atoms with E-state index in [4.69, 9.17) is 5.11 Å². The topological polar surface area (TPSA) is 78.3 Å². The van der Waals surface area contributed by atoms with E-state index in [0.717, 1.165) is 12.1 Å². The minimum absolute atomic E-state index is 0.0531. The molecule has 2 heterocycles. The summed E-state index contributed by atoms with van der Waals surface area (Å²) in [5, 5.41) is 12.0. The van der Waals surface area contributed by atoms with Crippen LogP contribution in [0, 0.1) is 0 Å². The van der Waals surface area contributed by atoms with Crippen molar-refractivity contribution in [3.8, 4) is 0 Å². The maximum atomic E-state index is 10.7. The first kappa shape index (κ1) is 16.4. The van der Waals surface area contributed by atoms with Gasteiger partial charge in [0.05, 0.1) is 12.4 Å². The molecule has 0 saturated carbocycles. The predicted molar refractivity (Wildman–Crippen MR) is 91.9 cm³/mol. The largest absolute Gasteiger partial charge is 0.476 e. The van der Waals surface area contributed by atoms with Crippen LogP contribution in [0.25, 0.3) is 0 Å². The standard InChI is InChI=1S/C18H22N4O2/c23-18(24)16-11-21-17(12-19-16)20-10-14-4-6-15(7-5-14)13-22-8-2-1-3-9-22/h4-7,11-12H,1-3,8-10,13H2,(H,20,21)(H,23,24). The molecule has 1 aromatic heterocycles. The molecule has 2 aromatic rings. The van der Waals surface area contributed by atoms with Crippen LogP contribution in [0.5, 0.6) is 0 Å². The number of hydrogen-bond donors (Lipinski definition) is 2. The lowest BCUT2D eigenvalue weighted by molar-refractivity contribution is 0.0690. The third kappa shape index (κ3) is 4.52. The van der Waals surface area contributed by atoms with E-state index in [-0.39, 0.29) is 5.69 Å². The molecule has 0 aliphatic carbocycles. The first-order valence-electron chi connectivity index (χ1n) is 8.30. The summed E-state index contributed by atoms with van der Waals surface area (Å²) < 4.78 is 0. The lowest BCUT2D eigenvalue weighted by Crippen LogP contribution is -2.29. The number of nitrogens with one attached hydrogen (secondary N) is 1. The fourth-order valence-corrected chi connectivity index (χ4v) is 2.86. The summed E-state index contributed by atoms with van der Waals surface area (Å²) in [5.74, 6) is -0.504. The minimum atomic E-state index is -1.07. The SMILES string of the molecule is O=C(O)c1cnc(NCc2ccc(CN3CCCCC3)cc2)cn1. The van der Waals surface area contributed by atoms with Crippen LogP contribution in [-0.2, 0) is 13.1 Å². The number of carbonyl (C=O) groups is 1. The molecular weight excluding hydrogens is 304 g/mol. The molecule has 1 fully saturated rings. The monoisotopic (exact) mass is 326 g/mol. The Morgan fingerprint density at radius 2 is 1.75 bits per heavy atom. The number of aromatic nitrogens is 2. The quantitative estimate of drug-likeness (QED) is 0.850. The molecule has 1 aliphatic rings. The zero-order valence-electron chi connectivity index (χ0n) is 13.6. The highest BCUT2D eigenvalue weighted by Gasteiger charge is 2.10. The summed E-state index contributed by atoms with van der Waals surface area (Å²) >= 11 is 0. The molecule has 1 aromatic carbocycles. The molecule has 1 saturated heterocycles. The summed E-state index contributed by atoms with van der Waals surface area (Å²) in [4.78, 5) is 21.1. The molecule has 0 radical (unpaired) electrons. The predicted octanol–water partition coefficient (Wildman–Crippen LogP) is 2.77. The van der Waals surface area contributed by atoms with Crippen LogP contribution in [0.2, 0.25) is 0 Å². The Kier molecular flexibility index (Phi) is 5.38. The lowest BCUT2D eigenvalue weighted by atomic mass is 10.1. The average Bonchev–Trinajstić information content (AvgIpc) is 2.62. The second-order valence-electron chi connectivity index (χ2n) is 6.10. The summed E-state index contributed by atoms with van der Waals surface area (Å²) in [6.45, 7) is 4.06. The number of rotatable bonds is 6. The van der Waals surface area contributed by atoms with Gasteiger partial charge in [0.15, 0.2) is 5.69 Å². The molecule has 126 valence electrons. The van der Waals surface area contributed by atoms with Crippen molar-refractivity contribution in [2.75, 3.05) is 18.4 Å². The number of hydrogen-bond acceptors (Lipinski definition) is 5. The molecular formula is C18H22N4O2. The van der Waals surface area contributed by atoms with Crippen molar-refractivity contribution < 1.29 is 9.90 Å². The van der Waals surface area contributed by atoms with Gasteiger partial charge in [0, 0.05) is 13.1 Å². The van der Waals surface area contributed by atoms with Crippen molar-refractivity contribution >= 4 is 11.8 Å². The van der Waals surface area contributed by atoms with Crippen LogP contribution in [0.15, 0.2) is 36.7 Å². The van der Waals surface area contributed by atoms with E-state index < -0.39 is 5.97 Å². The summed E-state index contributed by atoms with van der Waals surface area (Å²) in [5.41, 5.74) is 2.44. The highest BCUT2D eigenvalue weighted by Crippen LogP contribution is 2.14. The highest BCUT2D eigenvalue weighted by atomic mass is 16.4. The van der Waals surface area contributed by atoms with Gasteiger partial charge in [-0.1, -0.05) is 30.7 Å². The Morgan fingerprint density at radius 1 is 1.04 bits per heavy atom. The fraction of sp³-hybridized carbons (Fsp3) is 0.389. The van der Waals surface area contributed by atoms with E-state index in [1.165, 1.54) is 50.3 Å². The molecule has 0 spiro atoms. The number of carboxylic acids is 1. The van der Waals surface area contributed by atoms with Gasteiger partial charge in [-0.15, -0.1) is 0 Å². The van der Waals surface area contributed by atoms with Crippen LogP contribution in [0.4, 0.5) is 5.82 Å². The van der Waals surface area contributed by atoms with Crippen molar-refractivity contribution in [3.05, 3.63) is 53.5 Å². The number of likely N-dealkylation sites (tertiary alicyclic amines) is 1.